The summed E-state index contributed by atoms with van der Waals surface area (Å²) in [6.45, 7) is 6.18. The molecular formula is C20H23ClN2O4S. The third-order valence-corrected chi connectivity index (χ3v) is 6.66. The SMILES string of the molecule is COC(=O)CN1C(=O)S/C(=C/c2cc3c(cc2Cl)N(C)C(C)(C)C[C@H]3C)C1=O. The van der Waals surface area contributed by atoms with Crippen molar-refractivity contribution in [1.82, 2.24) is 4.90 Å². The summed E-state index contributed by atoms with van der Waals surface area (Å²) in [6.07, 6.45) is 2.62. The fourth-order valence-corrected chi connectivity index (χ4v) is 4.73. The van der Waals surface area contributed by atoms with Crippen LogP contribution in [-0.4, -0.2) is 48.3 Å². The number of carbonyl (C=O) groups excluding carboxylic acids is 3. The Morgan fingerprint density at radius 1 is 1.39 bits per heavy atom. The van der Waals surface area contributed by atoms with Gasteiger partial charge in [0.25, 0.3) is 11.1 Å². The number of rotatable bonds is 3. The molecule has 0 saturated carbocycles. The highest BCUT2D eigenvalue weighted by Gasteiger charge is 2.37. The Labute approximate surface area is 173 Å². The van der Waals surface area contributed by atoms with Gasteiger partial charge in [0.15, 0.2) is 0 Å². The molecule has 6 nitrogen and oxygen atoms in total. The molecular weight excluding hydrogens is 400 g/mol. The molecule has 3 rings (SSSR count). The van der Waals surface area contributed by atoms with E-state index in [0.717, 1.165) is 34.3 Å². The van der Waals surface area contributed by atoms with Crippen molar-refractivity contribution in [2.75, 3.05) is 25.6 Å². The van der Waals surface area contributed by atoms with Gasteiger partial charge in [-0.3, -0.25) is 19.3 Å². The summed E-state index contributed by atoms with van der Waals surface area (Å²) in [5, 5.41) is 0.0147. The summed E-state index contributed by atoms with van der Waals surface area (Å²) in [5.74, 6) is -0.824. The maximum Gasteiger partial charge on any atom is 0.325 e. The third-order valence-electron chi connectivity index (χ3n) is 5.43. The molecule has 1 fully saturated rings. The number of methoxy groups -OCH3 is 1. The molecule has 150 valence electrons. The van der Waals surface area contributed by atoms with Gasteiger partial charge in [-0.2, -0.15) is 0 Å². The zero-order chi connectivity index (χ0) is 20.8. The third kappa shape index (κ3) is 3.65. The number of nitrogens with zero attached hydrogens (tertiary/aromatic N) is 2. The van der Waals surface area contributed by atoms with Gasteiger partial charge in [0.2, 0.25) is 0 Å². The van der Waals surface area contributed by atoms with Gasteiger partial charge in [-0.05, 0) is 67.3 Å². The largest absolute Gasteiger partial charge is 0.468 e. The molecule has 1 atom stereocenters. The summed E-state index contributed by atoms with van der Waals surface area (Å²) in [5.41, 5.74) is 2.94. The molecule has 2 aliphatic heterocycles. The molecule has 2 amide bonds. The minimum absolute atomic E-state index is 0.0216. The van der Waals surface area contributed by atoms with Crippen LogP contribution in [0.25, 0.3) is 6.08 Å². The number of amides is 2. The molecule has 8 heteroatoms. The van der Waals surface area contributed by atoms with E-state index in [2.05, 4.69) is 37.5 Å². The van der Waals surface area contributed by atoms with Crippen LogP contribution in [-0.2, 0) is 14.3 Å². The molecule has 0 radical (unpaired) electrons. The van der Waals surface area contributed by atoms with E-state index in [4.69, 9.17) is 11.6 Å². The lowest BCUT2D eigenvalue weighted by Gasteiger charge is -2.45. The highest BCUT2D eigenvalue weighted by molar-refractivity contribution is 8.18. The van der Waals surface area contributed by atoms with Crippen LogP contribution < -0.4 is 4.90 Å². The molecule has 1 aromatic rings. The second-order valence-corrected chi connectivity index (χ2v) is 9.15. The molecule has 0 aliphatic carbocycles. The van der Waals surface area contributed by atoms with Crippen molar-refractivity contribution in [1.29, 1.82) is 0 Å². The number of imide groups is 1. The Kier molecular flexibility index (Phi) is 5.51. The Morgan fingerprint density at radius 3 is 2.71 bits per heavy atom. The van der Waals surface area contributed by atoms with Crippen molar-refractivity contribution in [3.8, 4) is 0 Å². The Bertz CT molecular complexity index is 896. The first kappa shape index (κ1) is 20.7. The van der Waals surface area contributed by atoms with Gasteiger partial charge >= 0.3 is 5.97 Å². The van der Waals surface area contributed by atoms with Gasteiger partial charge in [0.1, 0.15) is 6.54 Å². The molecule has 2 aliphatic rings. The van der Waals surface area contributed by atoms with E-state index in [1.54, 1.807) is 6.08 Å². The number of anilines is 1. The van der Waals surface area contributed by atoms with Gasteiger partial charge < -0.3 is 9.64 Å². The van der Waals surface area contributed by atoms with Crippen molar-refractivity contribution < 1.29 is 19.1 Å². The summed E-state index contributed by atoms with van der Waals surface area (Å²) in [6, 6.07) is 3.90. The maximum atomic E-state index is 12.5. The Morgan fingerprint density at radius 2 is 2.07 bits per heavy atom. The number of esters is 1. The lowest BCUT2D eigenvalue weighted by Crippen LogP contribution is -2.45. The zero-order valence-corrected chi connectivity index (χ0v) is 18.1. The average molecular weight is 423 g/mol. The minimum atomic E-state index is -0.644. The van der Waals surface area contributed by atoms with E-state index < -0.39 is 23.7 Å². The first-order valence-corrected chi connectivity index (χ1v) is 10.1. The minimum Gasteiger partial charge on any atom is -0.468 e. The molecule has 0 spiro atoms. The lowest BCUT2D eigenvalue weighted by molar-refractivity contribution is -0.143. The van der Waals surface area contributed by atoms with Crippen molar-refractivity contribution in [3.63, 3.8) is 0 Å². The van der Waals surface area contributed by atoms with E-state index in [1.165, 1.54) is 7.11 Å². The van der Waals surface area contributed by atoms with Crippen LogP contribution in [0, 0.1) is 0 Å². The Balaban J connectivity index is 1.96. The highest BCUT2D eigenvalue weighted by Crippen LogP contribution is 2.45. The normalized spacial score (nSPS) is 22.6. The molecule has 28 heavy (non-hydrogen) atoms. The zero-order valence-electron chi connectivity index (χ0n) is 16.5. The second-order valence-electron chi connectivity index (χ2n) is 7.75. The monoisotopic (exact) mass is 422 g/mol. The number of halogens is 1. The molecule has 0 unspecified atom stereocenters. The number of ether oxygens (including phenoxy) is 1. The first-order valence-electron chi connectivity index (χ1n) is 8.94. The van der Waals surface area contributed by atoms with Crippen molar-refractivity contribution in [3.05, 3.63) is 33.2 Å². The molecule has 0 aromatic heterocycles. The number of hydrogen-bond donors (Lipinski definition) is 0. The smallest absolute Gasteiger partial charge is 0.325 e. The summed E-state index contributed by atoms with van der Waals surface area (Å²) in [7, 11) is 3.27. The average Bonchev–Trinajstić information content (AvgIpc) is 2.88. The van der Waals surface area contributed by atoms with Gasteiger partial charge in [-0.15, -0.1) is 0 Å². The van der Waals surface area contributed by atoms with Crippen LogP contribution in [0.15, 0.2) is 17.0 Å². The quantitative estimate of drug-likeness (QED) is 0.535. The van der Waals surface area contributed by atoms with Gasteiger partial charge in [0.05, 0.1) is 12.0 Å². The number of carbonyl (C=O) groups is 3. The number of thioether (sulfide) groups is 1. The topological polar surface area (TPSA) is 66.9 Å². The van der Waals surface area contributed by atoms with Crippen molar-refractivity contribution in [2.24, 2.45) is 0 Å². The molecule has 2 heterocycles. The van der Waals surface area contributed by atoms with Crippen LogP contribution >= 0.6 is 23.4 Å². The predicted octanol–water partition coefficient (Wildman–Crippen LogP) is 4.27. The highest BCUT2D eigenvalue weighted by atomic mass is 35.5. The van der Waals surface area contributed by atoms with Crippen LogP contribution in [0.1, 0.15) is 44.2 Å². The molecule has 0 bridgehead atoms. The van der Waals surface area contributed by atoms with E-state index in [-0.39, 0.29) is 10.4 Å². The van der Waals surface area contributed by atoms with E-state index in [1.807, 2.05) is 12.1 Å². The predicted molar refractivity (Wildman–Crippen MR) is 112 cm³/mol. The van der Waals surface area contributed by atoms with Crippen molar-refractivity contribution in [2.45, 2.75) is 38.6 Å². The summed E-state index contributed by atoms with van der Waals surface area (Å²) in [4.78, 5) is 39.4. The van der Waals surface area contributed by atoms with Crippen LogP contribution in [0.4, 0.5) is 10.5 Å². The standard InChI is InChI=1S/C20H23ClN2O4S/c1-11-9-20(2,3)22(4)15-8-14(21)12(6-13(11)15)7-16-18(25)23(19(26)28-16)10-17(24)27-5/h6-8,11H,9-10H2,1-5H3/b16-7+/t11-/m1/s1. The van der Waals surface area contributed by atoms with Gasteiger partial charge in [-0.25, -0.2) is 0 Å². The van der Waals surface area contributed by atoms with E-state index in [0.29, 0.717) is 16.5 Å². The lowest BCUT2D eigenvalue weighted by atomic mass is 9.80. The fourth-order valence-electron chi connectivity index (χ4n) is 3.69. The number of benzene rings is 1. The van der Waals surface area contributed by atoms with Crippen LogP contribution in [0.3, 0.4) is 0 Å². The summed E-state index contributed by atoms with van der Waals surface area (Å²) < 4.78 is 4.54. The van der Waals surface area contributed by atoms with Crippen molar-refractivity contribution >= 4 is 52.2 Å². The van der Waals surface area contributed by atoms with Crippen LogP contribution in [0.2, 0.25) is 5.02 Å². The number of fused-ring (bicyclic) bond motifs is 1. The second kappa shape index (κ2) is 7.44. The molecule has 1 aromatic carbocycles. The fraction of sp³-hybridized carbons (Fsp3) is 0.450. The van der Waals surface area contributed by atoms with E-state index in [9.17, 15) is 14.4 Å². The van der Waals surface area contributed by atoms with E-state index >= 15 is 0 Å². The first-order chi connectivity index (χ1) is 13.0. The van der Waals surface area contributed by atoms with Gasteiger partial charge in [0, 0.05) is 23.3 Å². The number of hydrogen-bond acceptors (Lipinski definition) is 6. The molecule has 0 N–H and O–H groups in total. The molecule has 1 saturated heterocycles. The van der Waals surface area contributed by atoms with Crippen LogP contribution in [0.5, 0.6) is 0 Å². The summed E-state index contributed by atoms with van der Waals surface area (Å²) >= 11 is 7.31. The Hall–Kier alpha value is -1.99. The maximum absolute atomic E-state index is 12.5. The van der Waals surface area contributed by atoms with Gasteiger partial charge in [-0.1, -0.05) is 18.5 Å².